The van der Waals surface area contributed by atoms with Gasteiger partial charge >= 0.3 is 0 Å². The number of aryl methyl sites for hydroxylation is 1. The monoisotopic (exact) mass is 412 g/mol. The van der Waals surface area contributed by atoms with E-state index in [1.807, 2.05) is 17.0 Å². The minimum absolute atomic E-state index is 0.00264. The molecule has 0 radical (unpaired) electrons. The predicted molar refractivity (Wildman–Crippen MR) is 115 cm³/mol. The van der Waals surface area contributed by atoms with Crippen LogP contribution in [0.1, 0.15) is 36.3 Å². The smallest absolute Gasteiger partial charge is 0.226 e. The van der Waals surface area contributed by atoms with Crippen LogP contribution < -0.4 is 4.72 Å². The number of likely N-dealkylation sites (tertiary alicyclic amines) is 1. The fraction of sp³-hybridized carbons (Fsp3) is 0.435. The van der Waals surface area contributed by atoms with Crippen LogP contribution in [-0.2, 0) is 14.8 Å². The molecule has 1 N–H and O–H groups in total. The van der Waals surface area contributed by atoms with Crippen LogP contribution in [0.25, 0.3) is 11.1 Å². The van der Waals surface area contributed by atoms with Crippen molar-refractivity contribution < 1.29 is 13.2 Å². The highest BCUT2D eigenvalue weighted by Gasteiger charge is 2.47. The molecule has 2 aromatic rings. The van der Waals surface area contributed by atoms with E-state index in [0.717, 1.165) is 19.3 Å². The molecule has 2 fully saturated rings. The molecular weight excluding hydrogens is 384 g/mol. The molecule has 154 valence electrons. The Balaban J connectivity index is 1.49. The number of carbonyl (C=O) groups excluding carboxylic acids is 1. The van der Waals surface area contributed by atoms with Crippen molar-refractivity contribution in [1.82, 2.24) is 9.62 Å². The van der Waals surface area contributed by atoms with Crippen molar-refractivity contribution in [2.75, 3.05) is 19.3 Å². The first-order valence-corrected chi connectivity index (χ1v) is 12.1. The Kier molecular flexibility index (Phi) is 5.49. The summed E-state index contributed by atoms with van der Waals surface area (Å²) in [5, 5.41) is 0. The van der Waals surface area contributed by atoms with Gasteiger partial charge in [0.15, 0.2) is 0 Å². The molecule has 29 heavy (non-hydrogen) atoms. The normalized spacial score (nSPS) is 24.3. The van der Waals surface area contributed by atoms with Crippen LogP contribution in [0.15, 0.2) is 48.5 Å². The lowest BCUT2D eigenvalue weighted by Crippen LogP contribution is -2.49. The van der Waals surface area contributed by atoms with Gasteiger partial charge in [0.1, 0.15) is 0 Å². The lowest BCUT2D eigenvalue weighted by atomic mass is 9.93. The number of hydrogen-bond acceptors (Lipinski definition) is 3. The van der Waals surface area contributed by atoms with E-state index in [2.05, 4.69) is 48.0 Å². The maximum Gasteiger partial charge on any atom is 0.226 e. The Morgan fingerprint density at radius 1 is 1.07 bits per heavy atom. The summed E-state index contributed by atoms with van der Waals surface area (Å²) in [6.07, 6.45) is 3.65. The molecule has 1 aliphatic carbocycles. The molecule has 1 heterocycles. The number of sulfonamides is 1. The third-order valence-electron chi connectivity index (χ3n) is 6.02. The van der Waals surface area contributed by atoms with E-state index >= 15 is 0 Å². The number of nitrogens with zero attached hydrogens (tertiary/aromatic N) is 1. The van der Waals surface area contributed by atoms with Crippen molar-refractivity contribution in [3.8, 4) is 11.1 Å². The average molecular weight is 413 g/mol. The first-order chi connectivity index (χ1) is 13.8. The molecule has 0 unspecified atom stereocenters. The maximum atomic E-state index is 13.1. The Morgan fingerprint density at radius 3 is 2.48 bits per heavy atom. The van der Waals surface area contributed by atoms with Gasteiger partial charge in [-0.25, -0.2) is 13.1 Å². The van der Waals surface area contributed by atoms with Gasteiger partial charge in [0.25, 0.3) is 0 Å². The molecule has 1 saturated heterocycles. The Morgan fingerprint density at radius 2 is 1.76 bits per heavy atom. The van der Waals surface area contributed by atoms with Gasteiger partial charge in [-0.3, -0.25) is 4.79 Å². The second-order valence-corrected chi connectivity index (χ2v) is 10.1. The molecular formula is C23H28N2O3S. The van der Waals surface area contributed by atoms with Gasteiger partial charge in [-0.2, -0.15) is 0 Å². The molecule has 1 saturated carbocycles. The van der Waals surface area contributed by atoms with Crippen molar-refractivity contribution in [2.24, 2.45) is 5.92 Å². The second-order valence-electron chi connectivity index (χ2n) is 8.36. The SMILES string of the molecule is Cc1ccccc1-c1ccccc1[C@@H]1C[C@H]1C(=O)N1CCC[C@@H](NS(C)(=O)=O)C1. The number of hydrogen-bond donors (Lipinski definition) is 1. The maximum absolute atomic E-state index is 13.1. The molecule has 6 heteroatoms. The summed E-state index contributed by atoms with van der Waals surface area (Å²) in [6, 6.07) is 16.6. The summed E-state index contributed by atoms with van der Waals surface area (Å²) in [6.45, 7) is 3.29. The number of amides is 1. The number of nitrogens with one attached hydrogen (secondary N) is 1. The van der Waals surface area contributed by atoms with Crippen LogP contribution >= 0.6 is 0 Å². The van der Waals surface area contributed by atoms with Crippen molar-refractivity contribution in [3.63, 3.8) is 0 Å². The standard InChI is InChI=1S/C23H28N2O3S/c1-16-8-3-4-10-18(16)19-11-5-6-12-20(19)21-14-22(21)23(26)25-13-7-9-17(15-25)24-29(2,27)28/h3-6,8,10-12,17,21-22,24H,7,9,13-15H2,1-2H3/t17-,21+,22-/m1/s1. The number of piperidine rings is 1. The molecule has 5 nitrogen and oxygen atoms in total. The van der Waals surface area contributed by atoms with Crippen LogP contribution in [0, 0.1) is 12.8 Å². The van der Waals surface area contributed by atoms with E-state index in [9.17, 15) is 13.2 Å². The molecule has 1 amide bonds. The lowest BCUT2D eigenvalue weighted by molar-refractivity contribution is -0.133. The van der Waals surface area contributed by atoms with Crippen LogP contribution in [-0.4, -0.2) is 44.6 Å². The molecule has 4 rings (SSSR count). The molecule has 2 aromatic carbocycles. The van der Waals surface area contributed by atoms with E-state index in [1.54, 1.807) is 0 Å². The van der Waals surface area contributed by atoms with Crippen LogP contribution in [0.5, 0.6) is 0 Å². The average Bonchev–Trinajstić information content (AvgIpc) is 3.47. The third-order valence-corrected chi connectivity index (χ3v) is 6.78. The summed E-state index contributed by atoms with van der Waals surface area (Å²) >= 11 is 0. The molecule has 2 aliphatic rings. The van der Waals surface area contributed by atoms with E-state index < -0.39 is 10.0 Å². The van der Waals surface area contributed by atoms with Crippen LogP contribution in [0.3, 0.4) is 0 Å². The molecule has 0 spiro atoms. The Bertz CT molecular complexity index is 1020. The Labute approximate surface area is 173 Å². The third kappa shape index (κ3) is 4.54. The van der Waals surface area contributed by atoms with Gasteiger partial charge < -0.3 is 4.90 Å². The fourth-order valence-electron chi connectivity index (χ4n) is 4.56. The van der Waals surface area contributed by atoms with Crippen molar-refractivity contribution in [1.29, 1.82) is 0 Å². The summed E-state index contributed by atoms with van der Waals surface area (Å²) in [5.74, 6) is 0.397. The van der Waals surface area contributed by atoms with Gasteiger partial charge in [0.05, 0.1) is 6.26 Å². The largest absolute Gasteiger partial charge is 0.341 e. The molecule has 1 aliphatic heterocycles. The van der Waals surface area contributed by atoms with Gasteiger partial charge in [-0.1, -0.05) is 48.5 Å². The topological polar surface area (TPSA) is 66.5 Å². The van der Waals surface area contributed by atoms with Crippen LogP contribution in [0.2, 0.25) is 0 Å². The zero-order valence-electron chi connectivity index (χ0n) is 17.0. The summed E-state index contributed by atoms with van der Waals surface area (Å²) in [4.78, 5) is 15.0. The van der Waals surface area contributed by atoms with Crippen molar-refractivity contribution in [2.45, 2.75) is 38.1 Å². The summed E-state index contributed by atoms with van der Waals surface area (Å²) in [5.41, 5.74) is 4.90. The van der Waals surface area contributed by atoms with Crippen molar-refractivity contribution >= 4 is 15.9 Å². The fourth-order valence-corrected chi connectivity index (χ4v) is 5.36. The predicted octanol–water partition coefficient (Wildman–Crippen LogP) is 3.31. The van der Waals surface area contributed by atoms with Gasteiger partial charge in [-0.15, -0.1) is 0 Å². The number of benzene rings is 2. The van der Waals surface area contributed by atoms with E-state index in [4.69, 9.17) is 0 Å². The Hall–Kier alpha value is -2.18. The number of rotatable bonds is 5. The zero-order valence-corrected chi connectivity index (χ0v) is 17.8. The van der Waals surface area contributed by atoms with E-state index in [-0.39, 0.29) is 23.8 Å². The lowest BCUT2D eigenvalue weighted by Gasteiger charge is -2.33. The summed E-state index contributed by atoms with van der Waals surface area (Å²) < 4.78 is 25.7. The molecule has 3 atom stereocenters. The highest BCUT2D eigenvalue weighted by molar-refractivity contribution is 7.88. The quantitative estimate of drug-likeness (QED) is 0.819. The van der Waals surface area contributed by atoms with Gasteiger partial charge in [0.2, 0.25) is 15.9 Å². The highest BCUT2D eigenvalue weighted by Crippen LogP contribution is 2.51. The first-order valence-electron chi connectivity index (χ1n) is 10.2. The highest BCUT2D eigenvalue weighted by atomic mass is 32.2. The van der Waals surface area contributed by atoms with Gasteiger partial charge in [0, 0.05) is 25.0 Å². The zero-order chi connectivity index (χ0) is 20.6. The minimum atomic E-state index is -3.26. The first kappa shape index (κ1) is 20.1. The minimum Gasteiger partial charge on any atom is -0.341 e. The van der Waals surface area contributed by atoms with E-state index in [1.165, 1.54) is 28.5 Å². The second kappa shape index (κ2) is 7.92. The molecule has 0 bridgehead atoms. The van der Waals surface area contributed by atoms with Gasteiger partial charge in [-0.05, 0) is 54.4 Å². The van der Waals surface area contributed by atoms with E-state index in [0.29, 0.717) is 13.1 Å². The molecule has 0 aromatic heterocycles. The van der Waals surface area contributed by atoms with Crippen LogP contribution in [0.4, 0.5) is 0 Å². The van der Waals surface area contributed by atoms with Crippen molar-refractivity contribution in [3.05, 3.63) is 59.7 Å². The summed E-state index contributed by atoms with van der Waals surface area (Å²) in [7, 11) is -3.26. The number of carbonyl (C=O) groups is 1.